The molecule has 0 saturated carbocycles. The molecule has 100 valence electrons. The third-order valence-corrected chi connectivity index (χ3v) is 1.69. The lowest BCUT2D eigenvalue weighted by molar-refractivity contribution is 0.00356. The zero-order valence-electron chi connectivity index (χ0n) is 10.1. The summed E-state index contributed by atoms with van der Waals surface area (Å²) in [5.41, 5.74) is 17.8. The van der Waals surface area contributed by atoms with Crippen LogP contribution in [0.25, 0.3) is 0 Å². The molecule has 17 heavy (non-hydrogen) atoms. The van der Waals surface area contributed by atoms with Crippen LogP contribution in [0, 0.1) is 5.41 Å². The molecule has 8 heteroatoms. The van der Waals surface area contributed by atoms with Gasteiger partial charge in [-0.2, -0.15) is 0 Å². The quantitative estimate of drug-likeness (QED) is 0.156. The first kappa shape index (κ1) is 15.5. The van der Waals surface area contributed by atoms with Gasteiger partial charge in [0.15, 0.2) is 12.2 Å². The summed E-state index contributed by atoms with van der Waals surface area (Å²) in [6.07, 6.45) is 1.73. The highest BCUT2D eigenvalue weighted by Crippen LogP contribution is 2.03. The standard InChI is InChI=1S/C9H22N6O2/c1-2-5-16-6-3-4-7(14-8(10)11)17-15-9(12)13/h7H,2-6H2,1H3,(H4,10,11,14)(H4,12,13,15). The fourth-order valence-electron chi connectivity index (χ4n) is 1.05. The van der Waals surface area contributed by atoms with Gasteiger partial charge < -0.3 is 21.9 Å². The van der Waals surface area contributed by atoms with Crippen molar-refractivity contribution < 1.29 is 9.57 Å². The summed E-state index contributed by atoms with van der Waals surface area (Å²) in [4.78, 5) is 8.86. The lowest BCUT2D eigenvalue weighted by Crippen LogP contribution is -2.35. The molecule has 8 nitrogen and oxygen atoms in total. The number of ether oxygens (including phenoxy) is 1. The number of nitrogens with zero attached hydrogens (tertiary/aromatic N) is 1. The molecule has 1 unspecified atom stereocenters. The van der Waals surface area contributed by atoms with Crippen LogP contribution >= 0.6 is 0 Å². The van der Waals surface area contributed by atoms with Crippen LogP contribution in [0.5, 0.6) is 0 Å². The smallest absolute Gasteiger partial charge is 0.210 e. The number of guanidine groups is 2. The van der Waals surface area contributed by atoms with E-state index in [1.54, 1.807) is 0 Å². The van der Waals surface area contributed by atoms with Crippen LogP contribution < -0.4 is 22.7 Å². The number of hydroxylamine groups is 1. The summed E-state index contributed by atoms with van der Waals surface area (Å²) in [5.74, 6) is -0.377. The van der Waals surface area contributed by atoms with Crippen molar-refractivity contribution in [2.45, 2.75) is 32.4 Å². The Morgan fingerprint density at radius 2 is 2.06 bits per heavy atom. The molecular formula is C9H22N6O2. The van der Waals surface area contributed by atoms with Gasteiger partial charge >= 0.3 is 0 Å². The highest BCUT2D eigenvalue weighted by atomic mass is 16.7. The van der Waals surface area contributed by atoms with Gasteiger partial charge in [-0.25, -0.2) is 15.3 Å². The Kier molecular flexibility index (Phi) is 8.79. The van der Waals surface area contributed by atoms with Crippen molar-refractivity contribution in [1.29, 1.82) is 5.41 Å². The van der Waals surface area contributed by atoms with Crippen molar-refractivity contribution in [3.05, 3.63) is 0 Å². The van der Waals surface area contributed by atoms with Crippen molar-refractivity contribution in [3.63, 3.8) is 0 Å². The van der Waals surface area contributed by atoms with Gasteiger partial charge in [0.1, 0.15) is 0 Å². The molecule has 0 aromatic heterocycles. The van der Waals surface area contributed by atoms with E-state index in [0.29, 0.717) is 13.0 Å². The largest absolute Gasteiger partial charge is 0.381 e. The molecule has 0 heterocycles. The Morgan fingerprint density at radius 3 is 2.59 bits per heavy atom. The minimum absolute atomic E-state index is 0.0742. The Morgan fingerprint density at radius 1 is 1.35 bits per heavy atom. The number of rotatable bonds is 9. The normalized spacial score (nSPS) is 11.8. The summed E-state index contributed by atoms with van der Waals surface area (Å²) < 4.78 is 5.31. The van der Waals surface area contributed by atoms with Gasteiger partial charge in [-0.15, -0.1) is 0 Å². The summed E-state index contributed by atoms with van der Waals surface area (Å²) in [6, 6.07) is 0. The van der Waals surface area contributed by atoms with E-state index in [4.69, 9.17) is 32.2 Å². The number of nitrogens with one attached hydrogen (secondary N) is 2. The second-order valence-corrected chi connectivity index (χ2v) is 3.40. The first-order valence-corrected chi connectivity index (χ1v) is 5.48. The molecule has 0 spiro atoms. The highest BCUT2D eigenvalue weighted by Gasteiger charge is 2.08. The van der Waals surface area contributed by atoms with E-state index in [2.05, 4.69) is 10.5 Å². The molecular weight excluding hydrogens is 224 g/mol. The van der Waals surface area contributed by atoms with Gasteiger partial charge in [0.2, 0.25) is 5.96 Å². The average molecular weight is 246 g/mol. The molecule has 0 saturated heterocycles. The van der Waals surface area contributed by atoms with Gasteiger partial charge in [0.05, 0.1) is 0 Å². The van der Waals surface area contributed by atoms with E-state index in [1.807, 2.05) is 6.92 Å². The number of hydrogen-bond acceptors (Lipinski definition) is 4. The van der Waals surface area contributed by atoms with Gasteiger partial charge in [-0.05, 0) is 19.3 Å². The van der Waals surface area contributed by atoms with Gasteiger partial charge in [-0.1, -0.05) is 6.92 Å². The van der Waals surface area contributed by atoms with Gasteiger partial charge in [0.25, 0.3) is 0 Å². The maximum absolute atomic E-state index is 6.94. The van der Waals surface area contributed by atoms with Crippen LogP contribution in [0.1, 0.15) is 26.2 Å². The molecule has 0 fully saturated rings. The average Bonchev–Trinajstić information content (AvgIpc) is 2.24. The Bertz CT molecular complexity index is 242. The minimum Gasteiger partial charge on any atom is -0.381 e. The molecule has 0 radical (unpaired) electrons. The monoisotopic (exact) mass is 246 g/mol. The lowest BCUT2D eigenvalue weighted by Gasteiger charge is -2.13. The van der Waals surface area contributed by atoms with Crippen LogP contribution in [0.4, 0.5) is 0 Å². The first-order chi connectivity index (χ1) is 8.06. The Labute approximate surface area is 101 Å². The second-order valence-electron chi connectivity index (χ2n) is 3.40. The summed E-state index contributed by atoms with van der Waals surface area (Å²) in [5, 5.41) is 6.94. The van der Waals surface area contributed by atoms with E-state index in [0.717, 1.165) is 19.4 Å². The molecule has 0 aromatic carbocycles. The van der Waals surface area contributed by atoms with E-state index in [1.165, 1.54) is 0 Å². The predicted molar refractivity (Wildman–Crippen MR) is 66.1 cm³/mol. The summed E-state index contributed by atoms with van der Waals surface area (Å²) >= 11 is 0. The fraction of sp³-hybridized carbons (Fsp3) is 0.778. The summed E-state index contributed by atoms with van der Waals surface area (Å²) in [7, 11) is 0. The van der Waals surface area contributed by atoms with Crippen molar-refractivity contribution in [1.82, 2.24) is 5.48 Å². The van der Waals surface area contributed by atoms with Crippen LogP contribution in [0.3, 0.4) is 0 Å². The topological polar surface area (TPSA) is 145 Å². The summed E-state index contributed by atoms with van der Waals surface area (Å²) in [6.45, 7) is 3.40. The number of aliphatic imine (C=N–C) groups is 1. The number of hydrogen-bond donors (Lipinski definition) is 5. The van der Waals surface area contributed by atoms with Crippen LogP contribution in [-0.4, -0.2) is 31.4 Å². The van der Waals surface area contributed by atoms with E-state index < -0.39 is 6.23 Å². The zero-order chi connectivity index (χ0) is 13.1. The second kappa shape index (κ2) is 9.67. The van der Waals surface area contributed by atoms with Crippen molar-refractivity contribution in [2.75, 3.05) is 13.2 Å². The molecule has 1 atom stereocenters. The maximum Gasteiger partial charge on any atom is 0.210 e. The molecule has 8 N–H and O–H groups in total. The Balaban J connectivity index is 3.85. The molecule has 0 aliphatic rings. The van der Waals surface area contributed by atoms with E-state index in [9.17, 15) is 0 Å². The van der Waals surface area contributed by atoms with Crippen LogP contribution in [0.2, 0.25) is 0 Å². The molecule has 0 aromatic rings. The number of nitrogens with two attached hydrogens (primary N) is 3. The maximum atomic E-state index is 6.94. The molecule has 0 aliphatic carbocycles. The predicted octanol–water partition coefficient (Wildman–Crippen LogP) is -0.793. The molecule has 0 amide bonds. The fourth-order valence-corrected chi connectivity index (χ4v) is 1.05. The SMILES string of the molecule is CCCOCCCC(N=C(N)N)ONC(=N)N. The molecule has 0 rings (SSSR count). The van der Waals surface area contributed by atoms with Crippen LogP contribution in [-0.2, 0) is 9.57 Å². The van der Waals surface area contributed by atoms with Crippen molar-refractivity contribution >= 4 is 11.9 Å². The molecule has 0 bridgehead atoms. The highest BCUT2D eigenvalue weighted by molar-refractivity contribution is 5.75. The first-order valence-electron chi connectivity index (χ1n) is 5.48. The van der Waals surface area contributed by atoms with Gasteiger partial charge in [-0.3, -0.25) is 5.41 Å². The minimum atomic E-state index is -0.575. The lowest BCUT2D eigenvalue weighted by atomic mass is 10.3. The third kappa shape index (κ3) is 10.7. The van der Waals surface area contributed by atoms with Crippen molar-refractivity contribution in [2.24, 2.45) is 22.2 Å². The molecule has 0 aliphatic heterocycles. The van der Waals surface area contributed by atoms with E-state index >= 15 is 0 Å². The van der Waals surface area contributed by atoms with Gasteiger partial charge in [0, 0.05) is 13.2 Å². The zero-order valence-corrected chi connectivity index (χ0v) is 10.1. The van der Waals surface area contributed by atoms with E-state index in [-0.39, 0.29) is 11.9 Å². The third-order valence-electron chi connectivity index (χ3n) is 1.69. The Hall–Kier alpha value is -1.54. The van der Waals surface area contributed by atoms with Crippen LogP contribution in [0.15, 0.2) is 4.99 Å². The van der Waals surface area contributed by atoms with Crippen molar-refractivity contribution in [3.8, 4) is 0 Å².